The van der Waals surface area contributed by atoms with Crippen molar-refractivity contribution in [3.63, 3.8) is 0 Å². The molecular formula is C26H28FN7O5S. The van der Waals surface area contributed by atoms with Gasteiger partial charge in [0.25, 0.3) is 5.91 Å². The van der Waals surface area contributed by atoms with E-state index in [0.717, 1.165) is 12.4 Å². The van der Waals surface area contributed by atoms with Crippen molar-refractivity contribution in [2.45, 2.75) is 31.3 Å². The van der Waals surface area contributed by atoms with Crippen LogP contribution in [0.5, 0.6) is 11.5 Å². The number of hydrogen-bond acceptors (Lipinski definition) is 10. The first kappa shape index (κ1) is 28.5. The fourth-order valence-corrected chi connectivity index (χ4v) is 5.18. The molecule has 0 saturated heterocycles. The summed E-state index contributed by atoms with van der Waals surface area (Å²) in [5.41, 5.74) is 0.793. The zero-order valence-corrected chi connectivity index (χ0v) is 23.1. The van der Waals surface area contributed by atoms with Gasteiger partial charge in [-0.3, -0.25) is 9.36 Å². The maximum atomic E-state index is 13.5. The number of rotatable bonds is 11. The van der Waals surface area contributed by atoms with Crippen LogP contribution in [0.2, 0.25) is 0 Å². The van der Waals surface area contributed by atoms with E-state index in [1.165, 1.54) is 25.7 Å². The minimum absolute atomic E-state index is 0.0300. The first-order chi connectivity index (χ1) is 19.2. The molecule has 0 aliphatic rings. The number of methoxy groups -OCH3 is 2. The minimum atomic E-state index is -3.85. The van der Waals surface area contributed by atoms with Crippen molar-refractivity contribution in [3.8, 4) is 28.7 Å². The maximum absolute atomic E-state index is 13.5. The molecule has 40 heavy (non-hydrogen) atoms. The molecule has 0 spiro atoms. The molecule has 0 unspecified atom stereocenters. The van der Waals surface area contributed by atoms with Gasteiger partial charge in [-0.2, -0.15) is 0 Å². The minimum Gasteiger partial charge on any atom is -0.494 e. The summed E-state index contributed by atoms with van der Waals surface area (Å²) in [4.78, 5) is 24.6. The molecule has 12 nitrogen and oxygen atoms in total. The smallest absolute Gasteiger partial charge is 0.269 e. The Balaban J connectivity index is 1.83. The van der Waals surface area contributed by atoms with E-state index in [4.69, 9.17) is 9.47 Å². The summed E-state index contributed by atoms with van der Waals surface area (Å²) in [5, 5.41) is 10.3. The molecule has 210 valence electrons. The number of amides is 1. The van der Waals surface area contributed by atoms with Gasteiger partial charge in [0.1, 0.15) is 40.2 Å². The number of nitrogens with zero attached hydrogens (tertiary/aromatic N) is 6. The summed E-state index contributed by atoms with van der Waals surface area (Å²) in [6.07, 6.45) is 1.94. The summed E-state index contributed by atoms with van der Waals surface area (Å²) in [6.45, 7) is 3.73. The number of nitrogens with one attached hydrogen (secondary N) is 1. The van der Waals surface area contributed by atoms with Gasteiger partial charge < -0.3 is 14.8 Å². The second-order valence-corrected chi connectivity index (χ2v) is 11.1. The van der Waals surface area contributed by atoms with Crippen molar-refractivity contribution in [3.05, 3.63) is 72.0 Å². The number of ether oxygens (including phenoxy) is 2. The second kappa shape index (κ2) is 12.2. The van der Waals surface area contributed by atoms with Crippen LogP contribution in [-0.4, -0.2) is 70.1 Å². The van der Waals surface area contributed by atoms with Gasteiger partial charge in [-0.15, -0.1) is 10.2 Å². The lowest BCUT2D eigenvalue weighted by molar-refractivity contribution is 0.0951. The molecule has 0 aliphatic carbocycles. The molecule has 3 aromatic heterocycles. The Bertz CT molecular complexity index is 1590. The van der Waals surface area contributed by atoms with Gasteiger partial charge in [0, 0.05) is 13.0 Å². The molecule has 0 saturated carbocycles. The van der Waals surface area contributed by atoms with Crippen molar-refractivity contribution in [1.29, 1.82) is 0 Å². The van der Waals surface area contributed by atoms with Crippen molar-refractivity contribution >= 4 is 15.7 Å². The van der Waals surface area contributed by atoms with Crippen LogP contribution in [0.15, 0.2) is 48.8 Å². The lowest BCUT2D eigenvalue weighted by atomic mass is 10.2. The van der Waals surface area contributed by atoms with Gasteiger partial charge in [0.05, 0.1) is 31.9 Å². The van der Waals surface area contributed by atoms with Crippen molar-refractivity contribution in [1.82, 2.24) is 35.0 Å². The molecule has 0 radical (unpaired) electrons. The molecule has 1 N–H and O–H groups in total. The van der Waals surface area contributed by atoms with E-state index in [2.05, 4.69) is 30.5 Å². The molecule has 1 aromatic carbocycles. The second-order valence-electron chi connectivity index (χ2n) is 8.69. The molecule has 4 rings (SSSR count). The molecule has 1 atom stereocenters. The Morgan fingerprint density at radius 2 is 1.70 bits per heavy atom. The van der Waals surface area contributed by atoms with Crippen LogP contribution in [-0.2, 0) is 22.0 Å². The van der Waals surface area contributed by atoms with E-state index in [1.807, 2.05) is 0 Å². The number of aromatic nitrogens is 6. The van der Waals surface area contributed by atoms with E-state index in [9.17, 15) is 17.6 Å². The Labute approximate surface area is 230 Å². The van der Waals surface area contributed by atoms with Crippen LogP contribution >= 0.6 is 0 Å². The number of carbonyl (C=O) groups is 1. The Hall–Kier alpha value is -4.46. The zero-order chi connectivity index (χ0) is 28.9. The van der Waals surface area contributed by atoms with E-state index in [-0.39, 0.29) is 41.2 Å². The molecule has 14 heteroatoms. The van der Waals surface area contributed by atoms with Gasteiger partial charge in [-0.05, 0) is 38.1 Å². The molecule has 0 aliphatic heterocycles. The van der Waals surface area contributed by atoms with Crippen LogP contribution in [0.1, 0.15) is 36.0 Å². The monoisotopic (exact) mass is 569 g/mol. The van der Waals surface area contributed by atoms with E-state index >= 15 is 0 Å². The summed E-state index contributed by atoms with van der Waals surface area (Å²) in [5.74, 6) is -0.334. The third kappa shape index (κ3) is 6.06. The quantitative estimate of drug-likeness (QED) is 0.285. The van der Waals surface area contributed by atoms with Gasteiger partial charge in [0.2, 0.25) is 0 Å². The number of para-hydroxylation sites is 1. The fraction of sp³-hybridized carbons (Fsp3) is 0.308. The standard InChI is InChI=1S/C26H28FN7O5S/c1-5-28-26(35)19-9-6-8-18(31-19)25-33-32-23(34(25)24-20(38-3)10-7-11-21(24)39-4)15-40(36,37)16(2)12-22-29-13-17(27)14-30-22/h6-11,13-14,16H,5,12,15H2,1-4H3,(H,28,35)/t16-/m1/s1. The predicted octanol–water partition coefficient (Wildman–Crippen LogP) is 2.57. The number of carbonyl (C=O) groups excluding carboxylic acids is 1. The molecule has 4 aromatic rings. The Morgan fingerprint density at radius 3 is 2.33 bits per heavy atom. The zero-order valence-electron chi connectivity index (χ0n) is 22.3. The van der Waals surface area contributed by atoms with Crippen molar-refractivity contribution in [2.24, 2.45) is 0 Å². The lowest BCUT2D eigenvalue weighted by Gasteiger charge is -2.18. The van der Waals surface area contributed by atoms with Crippen LogP contribution in [0.25, 0.3) is 17.2 Å². The summed E-state index contributed by atoms with van der Waals surface area (Å²) in [6, 6.07) is 9.94. The molecule has 0 bridgehead atoms. The van der Waals surface area contributed by atoms with E-state index in [1.54, 1.807) is 43.3 Å². The van der Waals surface area contributed by atoms with Gasteiger partial charge in [0.15, 0.2) is 27.3 Å². The van der Waals surface area contributed by atoms with Gasteiger partial charge in [-0.1, -0.05) is 12.1 Å². The summed E-state index contributed by atoms with van der Waals surface area (Å²) >= 11 is 0. The number of benzene rings is 1. The van der Waals surface area contributed by atoms with E-state index in [0.29, 0.717) is 23.7 Å². The summed E-state index contributed by atoms with van der Waals surface area (Å²) < 4.78 is 52.8. The van der Waals surface area contributed by atoms with Crippen LogP contribution in [0.4, 0.5) is 4.39 Å². The third-order valence-corrected chi connectivity index (χ3v) is 8.04. The van der Waals surface area contributed by atoms with Crippen LogP contribution in [0, 0.1) is 5.82 Å². The van der Waals surface area contributed by atoms with Crippen LogP contribution in [0.3, 0.4) is 0 Å². The van der Waals surface area contributed by atoms with Crippen molar-refractivity contribution < 1.29 is 27.1 Å². The predicted molar refractivity (Wildman–Crippen MR) is 143 cm³/mol. The topological polar surface area (TPSA) is 151 Å². The number of pyridine rings is 1. The molecular weight excluding hydrogens is 541 g/mol. The third-order valence-electron chi connectivity index (χ3n) is 5.99. The normalized spacial score (nSPS) is 12.1. The van der Waals surface area contributed by atoms with Crippen LogP contribution < -0.4 is 14.8 Å². The van der Waals surface area contributed by atoms with Gasteiger partial charge >= 0.3 is 0 Å². The molecule has 0 fully saturated rings. The average molecular weight is 570 g/mol. The lowest BCUT2D eigenvalue weighted by Crippen LogP contribution is -2.25. The first-order valence-corrected chi connectivity index (χ1v) is 14.0. The summed E-state index contributed by atoms with van der Waals surface area (Å²) in [7, 11) is -0.913. The first-order valence-electron chi connectivity index (χ1n) is 12.3. The highest BCUT2D eigenvalue weighted by molar-refractivity contribution is 7.91. The SMILES string of the molecule is CCNC(=O)c1cccc(-c2nnc(CS(=O)(=O)[C@H](C)Cc3ncc(F)cn3)n2-c2c(OC)cccc2OC)n1. The highest BCUT2D eigenvalue weighted by atomic mass is 32.2. The van der Waals surface area contributed by atoms with Gasteiger partial charge in [-0.25, -0.2) is 27.8 Å². The maximum Gasteiger partial charge on any atom is 0.269 e. The average Bonchev–Trinajstić information content (AvgIpc) is 3.36. The number of sulfone groups is 1. The highest BCUT2D eigenvalue weighted by Crippen LogP contribution is 2.36. The van der Waals surface area contributed by atoms with E-state index < -0.39 is 26.7 Å². The Kier molecular flexibility index (Phi) is 8.67. The number of halogens is 1. The molecule has 3 heterocycles. The number of hydrogen-bond donors (Lipinski definition) is 1. The highest BCUT2D eigenvalue weighted by Gasteiger charge is 2.29. The molecule has 1 amide bonds. The van der Waals surface area contributed by atoms with Crippen molar-refractivity contribution in [2.75, 3.05) is 20.8 Å². The largest absolute Gasteiger partial charge is 0.494 e. The Morgan fingerprint density at radius 1 is 1.05 bits per heavy atom. The fourth-order valence-electron chi connectivity index (χ4n) is 3.95.